The van der Waals surface area contributed by atoms with Gasteiger partial charge in [0, 0.05) is 70.1 Å². The molecule has 0 amide bonds. The van der Waals surface area contributed by atoms with Gasteiger partial charge in [0.1, 0.15) is 0 Å². The van der Waals surface area contributed by atoms with E-state index < -0.39 is 0 Å². The van der Waals surface area contributed by atoms with E-state index in [0.29, 0.717) is 5.56 Å². The van der Waals surface area contributed by atoms with Crippen molar-refractivity contribution < 1.29 is 57.0 Å². The molecule has 0 radical (unpaired) electrons. The smallest absolute Gasteiger partial charge is 0.151 e. The van der Waals surface area contributed by atoms with Crippen LogP contribution in [0.2, 0.25) is 0 Å². The molecule has 0 fully saturated rings. The third kappa shape index (κ3) is 4.14. The summed E-state index contributed by atoms with van der Waals surface area (Å²) >= 11 is 0. The van der Waals surface area contributed by atoms with Crippen LogP contribution in [-0.4, -0.2) is 11.3 Å². The van der Waals surface area contributed by atoms with E-state index in [1.807, 2.05) is 0 Å². The van der Waals surface area contributed by atoms with Crippen LogP contribution in [0.3, 0.4) is 0 Å². The van der Waals surface area contributed by atoms with E-state index in [4.69, 9.17) is 0 Å². The van der Waals surface area contributed by atoms with Crippen molar-refractivity contribution in [1.29, 1.82) is 0 Å². The summed E-state index contributed by atoms with van der Waals surface area (Å²) in [6, 6.07) is 1.72. The Balaban J connectivity index is 0. The van der Waals surface area contributed by atoms with Crippen LogP contribution in [0.4, 0.5) is 0 Å². The molecule has 0 aliphatic carbocycles. The van der Waals surface area contributed by atoms with E-state index in [9.17, 15) is 4.79 Å². The Morgan fingerprint density at radius 1 is 1.56 bits per heavy atom. The van der Waals surface area contributed by atoms with Crippen LogP contribution in [0.5, 0.6) is 0 Å². The Labute approximate surface area is 91.4 Å². The van der Waals surface area contributed by atoms with Gasteiger partial charge < -0.3 is 4.98 Å². The predicted octanol–water partition coefficient (Wildman–Crippen LogP) is 0.825. The minimum absolute atomic E-state index is 0. The summed E-state index contributed by atoms with van der Waals surface area (Å²) in [7, 11) is 0. The van der Waals surface area contributed by atoms with Crippen molar-refractivity contribution >= 4 is 6.29 Å². The molecular formula is C5H5NOUW. The van der Waals surface area contributed by atoms with Crippen LogP contribution in [0, 0.1) is 31.1 Å². The zero-order valence-electron chi connectivity index (χ0n) is 4.63. The van der Waals surface area contributed by atoms with Gasteiger partial charge in [0.2, 0.25) is 0 Å². The largest absolute Gasteiger partial charge is 0.367 e. The van der Waals surface area contributed by atoms with Crippen molar-refractivity contribution in [3.63, 3.8) is 0 Å². The van der Waals surface area contributed by atoms with E-state index in [0.717, 1.165) is 6.29 Å². The predicted molar refractivity (Wildman–Crippen MR) is 26.2 cm³/mol. The standard InChI is InChI=1S/C5H5NO.U.W/c7-4-5-1-2-6-3-5;;/h1-4,6H;;. The molecule has 4 heteroatoms. The number of nitrogens with one attached hydrogen (secondary N) is 1. The number of hydrogen-bond donors (Lipinski definition) is 1. The first-order valence-corrected chi connectivity index (χ1v) is 2.01. The summed E-state index contributed by atoms with van der Waals surface area (Å²) < 4.78 is 0. The maximum absolute atomic E-state index is 9.85. The van der Waals surface area contributed by atoms with Crippen molar-refractivity contribution in [3.05, 3.63) is 24.0 Å². The second kappa shape index (κ2) is 6.81. The fourth-order valence-electron chi connectivity index (χ4n) is 0.410. The van der Waals surface area contributed by atoms with Crippen LogP contribution in [0.25, 0.3) is 0 Å². The summed E-state index contributed by atoms with van der Waals surface area (Å²) in [6.07, 6.45) is 4.16. The summed E-state index contributed by atoms with van der Waals surface area (Å²) in [5.74, 6) is 0. The monoisotopic (exact) mass is 517 g/mol. The van der Waals surface area contributed by atoms with Crippen molar-refractivity contribution in [1.82, 2.24) is 4.98 Å². The topological polar surface area (TPSA) is 32.9 Å². The number of aldehydes is 1. The van der Waals surface area contributed by atoms with E-state index >= 15 is 0 Å². The molecule has 1 N–H and O–H groups in total. The zero-order valence-corrected chi connectivity index (χ0v) is 11.7. The maximum Gasteiger partial charge on any atom is 0.151 e. The third-order valence-electron chi connectivity index (χ3n) is 0.758. The fourth-order valence-corrected chi connectivity index (χ4v) is 0.410. The van der Waals surface area contributed by atoms with E-state index in [2.05, 4.69) is 4.98 Å². The summed E-state index contributed by atoms with van der Waals surface area (Å²) in [4.78, 5) is 12.6. The number of rotatable bonds is 1. The zero-order chi connectivity index (χ0) is 5.11. The van der Waals surface area contributed by atoms with Gasteiger partial charge in [-0.2, -0.15) is 0 Å². The molecule has 1 heterocycles. The number of aromatic nitrogens is 1. The summed E-state index contributed by atoms with van der Waals surface area (Å²) in [5, 5.41) is 0. The van der Waals surface area contributed by atoms with Crippen LogP contribution in [-0.2, 0) is 21.1 Å². The first kappa shape index (κ1) is 12.4. The molecule has 1 aromatic rings. The van der Waals surface area contributed by atoms with Crippen molar-refractivity contribution in [2.45, 2.75) is 0 Å². The minimum Gasteiger partial charge on any atom is -0.367 e. The Bertz CT molecular complexity index is 152. The van der Waals surface area contributed by atoms with Crippen LogP contribution < -0.4 is 0 Å². The molecule has 0 unspecified atom stereocenters. The first-order valence-electron chi connectivity index (χ1n) is 2.01. The molecular weight excluding hydrogens is 512 g/mol. The van der Waals surface area contributed by atoms with Gasteiger partial charge in [-0.3, -0.25) is 4.79 Å². The number of aromatic amines is 1. The Hall–Kier alpha value is 0.690. The normalized spacial score (nSPS) is 6.67. The molecule has 9 heavy (non-hydrogen) atoms. The number of carbonyl (C=O) groups excluding carboxylic acids is 1. The number of carbonyl (C=O) groups is 1. The molecule has 2 nitrogen and oxygen atoms in total. The third-order valence-corrected chi connectivity index (χ3v) is 0.758. The van der Waals surface area contributed by atoms with Gasteiger partial charge in [-0.1, -0.05) is 0 Å². The van der Waals surface area contributed by atoms with Gasteiger partial charge in [0.15, 0.2) is 6.29 Å². The fraction of sp³-hybridized carbons (Fsp3) is 0. The molecule has 0 spiro atoms. The molecule has 0 aliphatic heterocycles. The van der Waals surface area contributed by atoms with Gasteiger partial charge in [-0.15, -0.1) is 0 Å². The van der Waals surface area contributed by atoms with Gasteiger partial charge in [0.25, 0.3) is 0 Å². The van der Waals surface area contributed by atoms with Gasteiger partial charge in [-0.05, 0) is 6.07 Å². The van der Waals surface area contributed by atoms with Crippen LogP contribution >= 0.6 is 0 Å². The second-order valence-corrected chi connectivity index (χ2v) is 1.26. The van der Waals surface area contributed by atoms with E-state index in [-0.39, 0.29) is 52.2 Å². The van der Waals surface area contributed by atoms with Crippen molar-refractivity contribution in [2.24, 2.45) is 0 Å². The first-order chi connectivity index (χ1) is 3.43. The van der Waals surface area contributed by atoms with Crippen LogP contribution in [0.1, 0.15) is 10.4 Å². The van der Waals surface area contributed by atoms with Gasteiger partial charge in [-0.25, -0.2) is 0 Å². The number of hydrogen-bond acceptors (Lipinski definition) is 1. The average molecular weight is 517 g/mol. The molecule has 0 aliphatic rings. The second-order valence-electron chi connectivity index (χ2n) is 1.26. The molecule has 0 saturated carbocycles. The van der Waals surface area contributed by atoms with Gasteiger partial charge >= 0.3 is 0 Å². The maximum atomic E-state index is 9.85. The van der Waals surface area contributed by atoms with Gasteiger partial charge in [0.05, 0.1) is 0 Å². The average Bonchev–Trinajstić information content (AvgIpc) is 2.14. The SMILES string of the molecule is O=Cc1cc[nH]c1.[U].[W]. The van der Waals surface area contributed by atoms with Crippen molar-refractivity contribution in [2.75, 3.05) is 0 Å². The quantitative estimate of drug-likeness (QED) is 0.551. The molecule has 0 bridgehead atoms. The molecule has 0 aromatic carbocycles. The number of H-pyrrole nitrogens is 1. The van der Waals surface area contributed by atoms with E-state index in [1.165, 1.54) is 0 Å². The Morgan fingerprint density at radius 2 is 2.22 bits per heavy atom. The molecule has 1 rings (SSSR count). The van der Waals surface area contributed by atoms with E-state index in [1.54, 1.807) is 18.5 Å². The van der Waals surface area contributed by atoms with Crippen molar-refractivity contribution in [3.8, 4) is 0 Å². The van der Waals surface area contributed by atoms with Crippen LogP contribution in [0.15, 0.2) is 18.5 Å². The Morgan fingerprint density at radius 3 is 2.44 bits per heavy atom. The minimum atomic E-state index is 0. The summed E-state index contributed by atoms with van der Waals surface area (Å²) in [6.45, 7) is 0. The Kier molecular flexibility index (Phi) is 9.36. The molecule has 0 saturated heterocycles. The molecule has 1 aromatic heterocycles. The molecule has 0 atom stereocenters. The molecule has 46 valence electrons. The summed E-state index contributed by atoms with van der Waals surface area (Å²) in [5.41, 5.74) is 0.694.